The molecule has 1 saturated carbocycles. The minimum Gasteiger partial charge on any atom is -0.486 e. The summed E-state index contributed by atoms with van der Waals surface area (Å²) in [6.45, 7) is 1.28. The van der Waals surface area contributed by atoms with Crippen molar-refractivity contribution in [2.24, 2.45) is 0 Å². The van der Waals surface area contributed by atoms with Crippen molar-refractivity contribution in [2.75, 3.05) is 19.8 Å². The molecule has 1 fully saturated rings. The van der Waals surface area contributed by atoms with Crippen LogP contribution in [0.4, 0.5) is 0 Å². The molecule has 12 heteroatoms. The van der Waals surface area contributed by atoms with Crippen LogP contribution in [0.5, 0.6) is 11.5 Å². The number of hydrogen-bond donors (Lipinski definition) is 2. The number of halogens is 1. The minimum absolute atomic E-state index is 0.0253. The van der Waals surface area contributed by atoms with Gasteiger partial charge in [0.25, 0.3) is 0 Å². The molecule has 4 aromatic rings. The van der Waals surface area contributed by atoms with Crippen LogP contribution in [0, 0.1) is 11.3 Å². The summed E-state index contributed by atoms with van der Waals surface area (Å²) in [6.07, 6.45) is 2.60. The Morgan fingerprint density at radius 2 is 1.86 bits per heavy atom. The Morgan fingerprint density at radius 1 is 1.07 bits per heavy atom. The number of carbonyl (C=O) groups is 1. The fourth-order valence-corrected chi connectivity index (χ4v) is 7.42. The first-order valence-electron chi connectivity index (χ1n) is 14.2. The Labute approximate surface area is 253 Å². The molecule has 10 nitrogen and oxygen atoms in total. The zero-order chi connectivity index (χ0) is 29.7. The molecule has 2 heterocycles. The Morgan fingerprint density at radius 3 is 2.65 bits per heavy atom. The molecule has 1 aliphatic heterocycles. The number of sulfonamides is 1. The lowest BCUT2D eigenvalue weighted by Gasteiger charge is -2.19. The topological polar surface area (TPSA) is 144 Å². The summed E-state index contributed by atoms with van der Waals surface area (Å²) in [7, 11) is -3.57. The molecule has 0 unspecified atom stereocenters. The van der Waals surface area contributed by atoms with Crippen molar-refractivity contribution in [2.45, 2.75) is 43.4 Å². The van der Waals surface area contributed by atoms with E-state index in [4.69, 9.17) is 30.5 Å². The van der Waals surface area contributed by atoms with Crippen LogP contribution in [0.25, 0.3) is 33.7 Å². The molecule has 220 valence electrons. The summed E-state index contributed by atoms with van der Waals surface area (Å²) in [6, 6.07) is 15.4. The molecular formula is C31H27ClN4O6S. The van der Waals surface area contributed by atoms with E-state index in [2.05, 4.69) is 16.1 Å². The van der Waals surface area contributed by atoms with Crippen LogP contribution in [-0.2, 0) is 21.2 Å². The van der Waals surface area contributed by atoms with E-state index < -0.39 is 21.2 Å². The summed E-state index contributed by atoms with van der Waals surface area (Å²) in [4.78, 5) is 16.9. The highest BCUT2D eigenvalue weighted by atomic mass is 35.5. The van der Waals surface area contributed by atoms with Gasteiger partial charge in [-0.05, 0) is 66.6 Å². The van der Waals surface area contributed by atoms with Crippen molar-refractivity contribution >= 4 is 38.6 Å². The van der Waals surface area contributed by atoms with Crippen LogP contribution in [-0.4, -0.2) is 44.3 Å². The van der Waals surface area contributed by atoms with E-state index in [0.717, 1.165) is 28.7 Å². The van der Waals surface area contributed by atoms with Crippen molar-refractivity contribution in [3.63, 3.8) is 0 Å². The average molecular weight is 619 g/mol. The molecule has 2 N–H and O–H groups in total. The van der Waals surface area contributed by atoms with Crippen molar-refractivity contribution in [3.8, 4) is 40.1 Å². The third-order valence-corrected chi connectivity index (χ3v) is 10.3. The van der Waals surface area contributed by atoms with Gasteiger partial charge in [0, 0.05) is 24.6 Å². The van der Waals surface area contributed by atoms with E-state index in [-0.39, 0.29) is 12.5 Å². The fourth-order valence-electron chi connectivity index (χ4n) is 5.76. The van der Waals surface area contributed by atoms with Gasteiger partial charge in [-0.15, -0.1) is 0 Å². The second kappa shape index (κ2) is 10.9. The maximum Gasteiger partial charge on any atom is 0.237 e. The highest BCUT2D eigenvalue weighted by Crippen LogP contribution is 2.43. The number of nitrogens with one attached hydrogen (secondary N) is 2. The first-order chi connectivity index (χ1) is 20.8. The number of aromatic nitrogens is 1. The fraction of sp³-hybridized carbons (Fsp3) is 0.323. The van der Waals surface area contributed by atoms with Gasteiger partial charge in [-0.1, -0.05) is 29.8 Å². The van der Waals surface area contributed by atoms with E-state index in [0.29, 0.717) is 83.7 Å². The van der Waals surface area contributed by atoms with Gasteiger partial charge in [0.2, 0.25) is 21.8 Å². The number of hydrogen-bond acceptors (Lipinski definition) is 9. The minimum atomic E-state index is -3.57. The average Bonchev–Trinajstić information content (AvgIpc) is 3.68. The molecule has 1 atom stereocenters. The molecule has 0 bridgehead atoms. The first-order valence-corrected chi connectivity index (χ1v) is 16.1. The van der Waals surface area contributed by atoms with Gasteiger partial charge in [0.15, 0.2) is 17.1 Å². The lowest BCUT2D eigenvalue weighted by Crippen LogP contribution is -2.35. The van der Waals surface area contributed by atoms with E-state index in [9.17, 15) is 18.5 Å². The molecule has 3 aliphatic rings. The Kier molecular flexibility index (Phi) is 7.00. The van der Waals surface area contributed by atoms with Crippen LogP contribution < -0.4 is 19.5 Å². The van der Waals surface area contributed by atoms with E-state index in [1.54, 1.807) is 0 Å². The number of rotatable bonds is 8. The van der Waals surface area contributed by atoms with Gasteiger partial charge < -0.3 is 19.2 Å². The number of ether oxygens (including phenoxy) is 2. The number of benzene rings is 3. The molecular weight excluding hydrogens is 592 g/mol. The van der Waals surface area contributed by atoms with Gasteiger partial charge in [0.1, 0.15) is 30.4 Å². The normalized spacial score (nSPS) is 17.4. The Balaban J connectivity index is 1.14. The number of oxazole rings is 1. The molecule has 0 radical (unpaired) electrons. The van der Waals surface area contributed by atoms with E-state index >= 15 is 0 Å². The summed E-state index contributed by atoms with van der Waals surface area (Å²) in [5.74, 6) is 1.13. The smallest absolute Gasteiger partial charge is 0.237 e. The monoisotopic (exact) mass is 618 g/mol. The first kappa shape index (κ1) is 27.7. The van der Waals surface area contributed by atoms with Crippen molar-refractivity contribution in [1.82, 2.24) is 15.0 Å². The largest absolute Gasteiger partial charge is 0.486 e. The standard InChI is InChI=1S/C31H27ClN4O6S/c32-29-19(17-4-9-26-27(14-17)41-13-12-40-26)2-1-3-21(29)31-35-25-15-22-20(23(16-33)30(25)42-31)7-8-24(22)34-11-10-28(37)36-43(38,39)18-5-6-18/h1-4,9,14-15,18,24,34H,5-8,10-13H2,(H,36,37)/t24-/m1/s1. The number of fused-ring (bicyclic) bond motifs is 3. The predicted molar refractivity (Wildman–Crippen MR) is 159 cm³/mol. The quantitative estimate of drug-likeness (QED) is 0.278. The molecule has 43 heavy (non-hydrogen) atoms. The maximum atomic E-state index is 12.2. The molecule has 1 amide bonds. The van der Waals surface area contributed by atoms with Crippen LogP contribution in [0.3, 0.4) is 0 Å². The Hall–Kier alpha value is -4.11. The highest BCUT2D eigenvalue weighted by molar-refractivity contribution is 7.90. The Bertz CT molecular complexity index is 1930. The van der Waals surface area contributed by atoms with Gasteiger partial charge in [0.05, 0.1) is 15.8 Å². The van der Waals surface area contributed by atoms with Crippen LogP contribution >= 0.6 is 11.6 Å². The number of nitrogens with zero attached hydrogens (tertiary/aromatic N) is 2. The third kappa shape index (κ3) is 5.20. The van der Waals surface area contributed by atoms with Crippen molar-refractivity contribution in [3.05, 3.63) is 64.2 Å². The summed E-state index contributed by atoms with van der Waals surface area (Å²) in [5.41, 5.74) is 5.41. The van der Waals surface area contributed by atoms with Gasteiger partial charge in [-0.3, -0.25) is 9.52 Å². The van der Waals surface area contributed by atoms with Crippen LogP contribution in [0.15, 0.2) is 46.9 Å². The zero-order valence-electron chi connectivity index (χ0n) is 23.0. The van der Waals surface area contributed by atoms with Crippen LogP contribution in [0.1, 0.15) is 48.4 Å². The maximum absolute atomic E-state index is 12.2. The van der Waals surface area contributed by atoms with E-state index in [1.807, 2.05) is 42.5 Å². The molecule has 1 aromatic heterocycles. The van der Waals surface area contributed by atoms with Gasteiger partial charge in [-0.2, -0.15) is 5.26 Å². The second-order valence-corrected chi connectivity index (χ2v) is 13.2. The molecule has 0 saturated heterocycles. The highest BCUT2D eigenvalue weighted by Gasteiger charge is 2.37. The number of amides is 1. The van der Waals surface area contributed by atoms with E-state index in [1.165, 1.54) is 0 Å². The summed E-state index contributed by atoms with van der Waals surface area (Å²) >= 11 is 6.91. The van der Waals surface area contributed by atoms with Crippen molar-refractivity contribution in [1.29, 1.82) is 5.26 Å². The molecule has 2 aliphatic carbocycles. The van der Waals surface area contributed by atoms with Crippen LogP contribution in [0.2, 0.25) is 5.02 Å². The van der Waals surface area contributed by atoms with Gasteiger partial charge >= 0.3 is 0 Å². The number of carbonyl (C=O) groups excluding carboxylic acids is 1. The number of nitriles is 1. The van der Waals surface area contributed by atoms with Crippen molar-refractivity contribution < 1.29 is 27.1 Å². The van der Waals surface area contributed by atoms with Gasteiger partial charge in [-0.25, -0.2) is 13.4 Å². The summed E-state index contributed by atoms with van der Waals surface area (Å²) < 4.78 is 43.8. The zero-order valence-corrected chi connectivity index (χ0v) is 24.6. The predicted octanol–water partition coefficient (Wildman–Crippen LogP) is 5.03. The molecule has 7 rings (SSSR count). The third-order valence-electron chi connectivity index (χ3n) is 8.04. The second-order valence-electron chi connectivity index (χ2n) is 10.9. The lowest BCUT2D eigenvalue weighted by atomic mass is 10.0. The SMILES string of the molecule is N#Cc1c2c(cc3nc(-c4cccc(-c5ccc6c(c5)OCCO6)c4Cl)oc13)[C@H](NCCC(=O)NS(=O)(=O)C1CC1)CC2. The molecule has 3 aromatic carbocycles. The lowest BCUT2D eigenvalue weighted by molar-refractivity contribution is -0.119. The summed E-state index contributed by atoms with van der Waals surface area (Å²) in [5, 5.41) is 13.5. The molecule has 0 spiro atoms.